The van der Waals surface area contributed by atoms with Crippen LogP contribution in [0.1, 0.15) is 19.2 Å². The van der Waals surface area contributed by atoms with Crippen molar-refractivity contribution in [3.05, 3.63) is 48.7 Å². The van der Waals surface area contributed by atoms with Crippen molar-refractivity contribution in [1.29, 1.82) is 0 Å². The number of hydrogen-bond acceptors (Lipinski definition) is 3. The summed E-state index contributed by atoms with van der Waals surface area (Å²) in [6.45, 7) is 5.23. The first kappa shape index (κ1) is 17.0. The second-order valence-electron chi connectivity index (χ2n) is 5.90. The number of aromatic nitrogens is 4. The molecule has 2 heterocycles. The van der Waals surface area contributed by atoms with Crippen molar-refractivity contribution in [2.45, 2.75) is 26.4 Å². The van der Waals surface area contributed by atoms with Gasteiger partial charge in [-0.1, -0.05) is 18.2 Å². The van der Waals surface area contributed by atoms with Crippen LogP contribution in [0, 0.1) is 0 Å². The quantitative estimate of drug-likeness (QED) is 0.392. The molecular formula is C18H25N7. The molecule has 132 valence electrons. The fourth-order valence-corrected chi connectivity index (χ4v) is 2.73. The Hall–Kier alpha value is -2.83. The lowest BCUT2D eigenvalue weighted by Crippen LogP contribution is -2.38. The van der Waals surface area contributed by atoms with Crippen molar-refractivity contribution >= 4 is 16.9 Å². The van der Waals surface area contributed by atoms with Crippen LogP contribution in [0.4, 0.5) is 0 Å². The Balaban J connectivity index is 1.50. The summed E-state index contributed by atoms with van der Waals surface area (Å²) in [6, 6.07) is 10.6. The third-order valence-corrected chi connectivity index (χ3v) is 4.08. The van der Waals surface area contributed by atoms with Gasteiger partial charge in [0.25, 0.3) is 0 Å². The van der Waals surface area contributed by atoms with E-state index in [1.165, 1.54) is 10.9 Å². The predicted molar refractivity (Wildman–Crippen MR) is 100 cm³/mol. The van der Waals surface area contributed by atoms with Crippen LogP contribution in [0.5, 0.6) is 0 Å². The molecule has 0 aliphatic heterocycles. The molecule has 7 nitrogen and oxygen atoms in total. The van der Waals surface area contributed by atoms with Gasteiger partial charge in [0.15, 0.2) is 11.8 Å². The molecule has 0 saturated heterocycles. The summed E-state index contributed by atoms with van der Waals surface area (Å²) in [7, 11) is 1.92. The van der Waals surface area contributed by atoms with Crippen LogP contribution in [0.3, 0.4) is 0 Å². The summed E-state index contributed by atoms with van der Waals surface area (Å²) in [5.41, 5.74) is 1.28. The van der Waals surface area contributed by atoms with Crippen LogP contribution in [-0.2, 0) is 20.1 Å². The van der Waals surface area contributed by atoms with Gasteiger partial charge in [-0.15, -0.1) is 10.2 Å². The summed E-state index contributed by atoms with van der Waals surface area (Å²) in [6.07, 6.45) is 4.86. The van der Waals surface area contributed by atoms with Crippen molar-refractivity contribution in [1.82, 2.24) is 30.0 Å². The highest BCUT2D eigenvalue weighted by molar-refractivity contribution is 5.80. The molecule has 2 aromatic heterocycles. The van der Waals surface area contributed by atoms with Gasteiger partial charge in [0.05, 0.1) is 0 Å². The topological polar surface area (TPSA) is 72.1 Å². The van der Waals surface area contributed by atoms with E-state index in [0.29, 0.717) is 6.54 Å². The van der Waals surface area contributed by atoms with E-state index in [4.69, 9.17) is 0 Å². The van der Waals surface area contributed by atoms with Crippen molar-refractivity contribution < 1.29 is 0 Å². The molecule has 3 aromatic rings. The zero-order chi connectivity index (χ0) is 17.5. The largest absolute Gasteiger partial charge is 0.357 e. The highest BCUT2D eigenvalue weighted by Crippen LogP contribution is 2.15. The average Bonchev–Trinajstić information content (AvgIpc) is 3.22. The third-order valence-electron chi connectivity index (χ3n) is 4.08. The van der Waals surface area contributed by atoms with Crippen molar-refractivity contribution in [3.8, 4) is 0 Å². The van der Waals surface area contributed by atoms with E-state index in [0.717, 1.165) is 37.8 Å². The van der Waals surface area contributed by atoms with Crippen molar-refractivity contribution in [2.24, 2.45) is 12.0 Å². The monoisotopic (exact) mass is 339 g/mol. The smallest absolute Gasteiger partial charge is 0.191 e. The molecule has 0 atom stereocenters. The number of para-hydroxylation sites is 1. The summed E-state index contributed by atoms with van der Waals surface area (Å²) in [4.78, 5) is 4.57. The highest BCUT2D eigenvalue weighted by atomic mass is 15.3. The second kappa shape index (κ2) is 8.32. The number of aryl methyl sites for hydroxylation is 2. The normalized spacial score (nSPS) is 11.8. The number of nitrogens with one attached hydrogen (secondary N) is 2. The minimum absolute atomic E-state index is 0.508. The third kappa shape index (κ3) is 4.37. The molecule has 0 radical (unpaired) electrons. The number of benzene rings is 1. The molecule has 0 saturated carbocycles. The SMILES string of the molecule is CCNC(=NCc1nncn1C)NCCCn1ccc2ccccc21. The second-order valence-corrected chi connectivity index (χ2v) is 5.90. The van der Waals surface area contributed by atoms with Gasteiger partial charge in [0, 0.05) is 38.4 Å². The Bertz CT molecular complexity index is 831. The number of fused-ring (bicyclic) bond motifs is 1. The molecule has 3 rings (SSSR count). The van der Waals surface area contributed by atoms with Crippen LogP contribution in [-0.4, -0.2) is 38.4 Å². The zero-order valence-corrected chi connectivity index (χ0v) is 14.8. The van der Waals surface area contributed by atoms with E-state index >= 15 is 0 Å². The molecule has 0 fully saturated rings. The number of aliphatic imine (C=N–C) groups is 1. The maximum atomic E-state index is 4.57. The molecule has 0 aliphatic carbocycles. The van der Waals surface area contributed by atoms with E-state index in [1.807, 2.05) is 11.6 Å². The zero-order valence-electron chi connectivity index (χ0n) is 14.8. The first-order chi connectivity index (χ1) is 12.3. The lowest BCUT2D eigenvalue weighted by atomic mass is 10.2. The van der Waals surface area contributed by atoms with E-state index in [1.54, 1.807) is 6.33 Å². The Kier molecular flexibility index (Phi) is 5.66. The van der Waals surface area contributed by atoms with E-state index in [-0.39, 0.29) is 0 Å². The fourth-order valence-electron chi connectivity index (χ4n) is 2.73. The maximum absolute atomic E-state index is 4.57. The summed E-state index contributed by atoms with van der Waals surface area (Å²) >= 11 is 0. The molecule has 25 heavy (non-hydrogen) atoms. The minimum Gasteiger partial charge on any atom is -0.357 e. The summed E-state index contributed by atoms with van der Waals surface area (Å²) < 4.78 is 4.17. The van der Waals surface area contributed by atoms with Gasteiger partial charge in [-0.25, -0.2) is 4.99 Å². The van der Waals surface area contributed by atoms with Gasteiger partial charge >= 0.3 is 0 Å². The molecule has 0 bridgehead atoms. The Morgan fingerprint density at radius 3 is 2.88 bits per heavy atom. The van der Waals surface area contributed by atoms with Gasteiger partial charge < -0.3 is 19.8 Å². The van der Waals surface area contributed by atoms with Gasteiger partial charge in [-0.2, -0.15) is 0 Å². The molecule has 1 aromatic carbocycles. The van der Waals surface area contributed by atoms with Crippen LogP contribution >= 0.6 is 0 Å². The van der Waals surface area contributed by atoms with Gasteiger partial charge in [-0.3, -0.25) is 0 Å². The van der Waals surface area contributed by atoms with Crippen molar-refractivity contribution in [3.63, 3.8) is 0 Å². The molecular weight excluding hydrogens is 314 g/mol. The number of nitrogens with zero attached hydrogens (tertiary/aromatic N) is 5. The van der Waals surface area contributed by atoms with Crippen LogP contribution in [0.15, 0.2) is 47.8 Å². The average molecular weight is 339 g/mol. The Morgan fingerprint density at radius 1 is 1.20 bits per heavy atom. The summed E-state index contributed by atoms with van der Waals surface area (Å²) in [5.74, 6) is 1.65. The molecule has 0 aliphatic rings. The van der Waals surface area contributed by atoms with Gasteiger partial charge in [0.2, 0.25) is 0 Å². The molecule has 0 unspecified atom stereocenters. The lowest BCUT2D eigenvalue weighted by Gasteiger charge is -2.12. The first-order valence-corrected chi connectivity index (χ1v) is 8.67. The lowest BCUT2D eigenvalue weighted by molar-refractivity contribution is 0.640. The van der Waals surface area contributed by atoms with Crippen LogP contribution < -0.4 is 10.6 Å². The summed E-state index contributed by atoms with van der Waals surface area (Å²) in [5, 5.41) is 15.9. The number of hydrogen-bond donors (Lipinski definition) is 2. The Morgan fingerprint density at radius 2 is 2.08 bits per heavy atom. The molecule has 2 N–H and O–H groups in total. The fraction of sp³-hybridized carbons (Fsp3) is 0.389. The van der Waals surface area contributed by atoms with E-state index in [2.05, 4.69) is 73.8 Å². The van der Waals surface area contributed by atoms with Gasteiger partial charge in [-0.05, 0) is 30.9 Å². The van der Waals surface area contributed by atoms with E-state index in [9.17, 15) is 0 Å². The molecule has 0 spiro atoms. The first-order valence-electron chi connectivity index (χ1n) is 8.67. The predicted octanol–water partition coefficient (Wildman–Crippen LogP) is 1.92. The highest BCUT2D eigenvalue weighted by Gasteiger charge is 2.02. The van der Waals surface area contributed by atoms with Gasteiger partial charge in [0.1, 0.15) is 12.9 Å². The maximum Gasteiger partial charge on any atom is 0.191 e. The number of guanidine groups is 1. The molecule has 0 amide bonds. The number of rotatable bonds is 7. The molecule has 7 heteroatoms. The van der Waals surface area contributed by atoms with Crippen LogP contribution in [0.2, 0.25) is 0 Å². The van der Waals surface area contributed by atoms with E-state index < -0.39 is 0 Å². The van der Waals surface area contributed by atoms with Crippen LogP contribution in [0.25, 0.3) is 10.9 Å². The minimum atomic E-state index is 0.508. The standard InChI is InChI=1S/C18H25N7/c1-3-19-18(21-13-17-23-22-14-24(17)2)20-10-6-11-25-12-9-15-7-4-5-8-16(15)25/h4-5,7-9,12,14H,3,6,10-11,13H2,1-2H3,(H2,19,20,21). The Labute approximate surface area is 147 Å². The van der Waals surface area contributed by atoms with Crippen molar-refractivity contribution in [2.75, 3.05) is 13.1 Å².